The second-order valence-electron chi connectivity index (χ2n) is 12.4. The zero-order valence-electron chi connectivity index (χ0n) is 29.9. The van der Waals surface area contributed by atoms with Crippen molar-refractivity contribution in [2.24, 2.45) is 10.7 Å². The van der Waals surface area contributed by atoms with Crippen molar-refractivity contribution in [1.82, 2.24) is 14.7 Å². The lowest BCUT2D eigenvalue weighted by molar-refractivity contribution is -0.104. The minimum Gasteiger partial charge on any atom is -0.405 e. The average Bonchev–Trinajstić information content (AvgIpc) is 3.35. The number of ether oxygens (including phenoxy) is 1. The van der Waals surface area contributed by atoms with Crippen LogP contribution >= 0.6 is 0 Å². The molecule has 264 valence electrons. The van der Waals surface area contributed by atoms with Crippen molar-refractivity contribution in [1.29, 1.82) is 0 Å². The average molecular weight is 668 g/mol. The molecule has 2 aromatic carbocycles. The Morgan fingerprint density at radius 1 is 0.939 bits per heavy atom. The van der Waals surface area contributed by atoms with Crippen LogP contribution in [0.25, 0.3) is 5.57 Å². The number of aliphatic hydroxyl groups excluding tert-OH is 1. The highest BCUT2D eigenvalue weighted by molar-refractivity contribution is 5.85. The Morgan fingerprint density at radius 2 is 1.63 bits per heavy atom. The first kappa shape index (κ1) is 39.5. The predicted octanol–water partition coefficient (Wildman–Crippen LogP) is 5.24. The van der Waals surface area contributed by atoms with Crippen LogP contribution in [-0.4, -0.2) is 112 Å². The monoisotopic (exact) mass is 667 g/mol. The van der Waals surface area contributed by atoms with E-state index in [0.717, 1.165) is 100 Å². The Hall–Kier alpha value is -3.92. The van der Waals surface area contributed by atoms with Crippen LogP contribution in [-0.2, 0) is 22.5 Å². The first-order valence-corrected chi connectivity index (χ1v) is 17.3. The number of benzene rings is 2. The van der Waals surface area contributed by atoms with Crippen molar-refractivity contribution >= 4 is 18.1 Å². The summed E-state index contributed by atoms with van der Waals surface area (Å²) in [7, 11) is 3.25. The SMILES string of the molecule is C=CN.COC.Cc1ccccc1CCN1CCN(CC=NCc2ccc(C3=CCC(C4=CCN(CCO)CC4)=C(C=O)C=C3)cc2)CC1. The summed E-state index contributed by atoms with van der Waals surface area (Å²) in [5.41, 5.74) is 14.1. The summed E-state index contributed by atoms with van der Waals surface area (Å²) in [6.45, 7) is 15.1. The molecule has 0 aromatic heterocycles. The Morgan fingerprint density at radius 3 is 2.27 bits per heavy atom. The summed E-state index contributed by atoms with van der Waals surface area (Å²) < 4.78 is 4.25. The van der Waals surface area contributed by atoms with Crippen LogP contribution < -0.4 is 5.73 Å². The van der Waals surface area contributed by atoms with Crippen molar-refractivity contribution in [2.45, 2.75) is 32.7 Å². The molecule has 1 saturated heterocycles. The van der Waals surface area contributed by atoms with Crippen LogP contribution in [0.3, 0.4) is 0 Å². The van der Waals surface area contributed by atoms with E-state index in [-0.39, 0.29) is 6.61 Å². The number of piperazine rings is 1. The number of aliphatic hydroxyl groups is 1. The number of aliphatic imine (C=N–C) groups is 1. The maximum Gasteiger partial charge on any atom is 0.150 e. The Labute approximate surface area is 294 Å². The topological polar surface area (TPSA) is 94.6 Å². The summed E-state index contributed by atoms with van der Waals surface area (Å²) in [5, 5.41) is 9.22. The number of carbonyl (C=O) groups is 1. The van der Waals surface area contributed by atoms with Gasteiger partial charge in [-0.05, 0) is 71.4 Å². The fourth-order valence-corrected chi connectivity index (χ4v) is 6.16. The van der Waals surface area contributed by atoms with Crippen LogP contribution in [0.2, 0.25) is 0 Å². The van der Waals surface area contributed by atoms with Crippen LogP contribution in [0.15, 0.2) is 107 Å². The van der Waals surface area contributed by atoms with Gasteiger partial charge in [-0.15, -0.1) is 0 Å². The molecule has 3 N–H and O–H groups in total. The second kappa shape index (κ2) is 22.7. The van der Waals surface area contributed by atoms with Gasteiger partial charge in [0.25, 0.3) is 0 Å². The third kappa shape index (κ3) is 13.5. The lowest BCUT2D eigenvalue weighted by atomic mass is 9.93. The molecular weight excluding hydrogens is 610 g/mol. The molecule has 1 aliphatic carbocycles. The van der Waals surface area contributed by atoms with Crippen molar-refractivity contribution in [3.05, 3.63) is 125 Å². The van der Waals surface area contributed by atoms with Gasteiger partial charge in [0, 0.05) is 84.9 Å². The molecule has 1 fully saturated rings. The lowest BCUT2D eigenvalue weighted by Crippen LogP contribution is -2.47. The molecule has 5 rings (SSSR count). The number of carbonyl (C=O) groups excluding carboxylic acids is 1. The lowest BCUT2D eigenvalue weighted by Gasteiger charge is -2.34. The molecule has 8 heteroatoms. The highest BCUT2D eigenvalue weighted by Crippen LogP contribution is 2.30. The maximum atomic E-state index is 11.9. The first-order valence-electron chi connectivity index (χ1n) is 17.3. The number of nitrogens with zero attached hydrogens (tertiary/aromatic N) is 4. The minimum absolute atomic E-state index is 0.180. The molecule has 2 heterocycles. The number of methoxy groups -OCH3 is 1. The largest absolute Gasteiger partial charge is 0.405 e. The third-order valence-corrected chi connectivity index (χ3v) is 8.99. The molecule has 3 aliphatic rings. The van der Waals surface area contributed by atoms with E-state index in [4.69, 9.17) is 4.99 Å². The smallest absolute Gasteiger partial charge is 0.150 e. The molecule has 0 unspecified atom stereocenters. The van der Waals surface area contributed by atoms with Crippen LogP contribution in [0.5, 0.6) is 0 Å². The number of allylic oxidation sites excluding steroid dienone is 6. The van der Waals surface area contributed by atoms with Gasteiger partial charge < -0.3 is 20.5 Å². The van der Waals surface area contributed by atoms with E-state index < -0.39 is 0 Å². The standard InChI is InChI=1S/C37H46N4O2.C2H5N.C2H6O/c1-30-4-2-3-5-32(30)14-18-40-22-24-41(25-23-40)21-17-38-28-31-6-8-33(9-7-31)34-10-11-36(29-43)37(13-12-34)35-15-19-39(20-16-35)26-27-42;1-2-3;1-3-2/h2-12,15,17,29,42H,13-14,16,18-28H2,1H3;2H,1,3H2;1-2H3. The third-order valence-electron chi connectivity index (χ3n) is 8.99. The normalized spacial score (nSPS) is 17.3. The molecule has 0 bridgehead atoms. The molecule has 8 nitrogen and oxygen atoms in total. The molecule has 2 aliphatic heterocycles. The van der Waals surface area contributed by atoms with Crippen molar-refractivity contribution in [3.63, 3.8) is 0 Å². The molecule has 2 aromatic rings. The molecule has 0 radical (unpaired) electrons. The summed E-state index contributed by atoms with van der Waals surface area (Å²) >= 11 is 0. The predicted molar refractivity (Wildman–Crippen MR) is 205 cm³/mol. The number of aryl methyl sites for hydroxylation is 1. The molecule has 49 heavy (non-hydrogen) atoms. The summed E-state index contributed by atoms with van der Waals surface area (Å²) in [5.74, 6) is 0. The van der Waals surface area contributed by atoms with E-state index in [0.29, 0.717) is 13.1 Å². The molecule has 0 saturated carbocycles. The minimum atomic E-state index is 0.180. The van der Waals surface area contributed by atoms with Crippen LogP contribution in [0, 0.1) is 6.92 Å². The summed E-state index contributed by atoms with van der Waals surface area (Å²) in [6, 6.07) is 17.4. The fourth-order valence-electron chi connectivity index (χ4n) is 6.16. The van der Waals surface area contributed by atoms with Gasteiger partial charge in [0.1, 0.15) is 6.29 Å². The zero-order valence-corrected chi connectivity index (χ0v) is 29.9. The van der Waals surface area contributed by atoms with E-state index in [9.17, 15) is 9.90 Å². The van der Waals surface area contributed by atoms with Gasteiger partial charge in [-0.1, -0.05) is 79.4 Å². The number of hydrogen-bond acceptors (Lipinski definition) is 8. The fraction of sp³-hybridized carbons (Fsp3) is 0.415. The molecule has 0 atom stereocenters. The Balaban J connectivity index is 0.00000101. The van der Waals surface area contributed by atoms with Gasteiger partial charge in [0.15, 0.2) is 0 Å². The van der Waals surface area contributed by atoms with E-state index in [1.165, 1.54) is 28.5 Å². The highest BCUT2D eigenvalue weighted by atomic mass is 16.4. The molecular formula is C41H57N5O3. The van der Waals surface area contributed by atoms with Gasteiger partial charge in [-0.25, -0.2) is 0 Å². The number of aldehydes is 1. The zero-order chi connectivity index (χ0) is 35.3. The van der Waals surface area contributed by atoms with Gasteiger partial charge in [-0.3, -0.25) is 19.6 Å². The number of nitrogens with two attached hydrogens (primary N) is 1. The number of β-amino-alcohol motifs (C(OH)–C–C–N with tert-alkyl or cyclic N) is 1. The maximum absolute atomic E-state index is 11.9. The van der Waals surface area contributed by atoms with Crippen molar-refractivity contribution in [2.75, 3.05) is 79.7 Å². The van der Waals surface area contributed by atoms with Gasteiger partial charge in [-0.2, -0.15) is 0 Å². The number of hydrogen-bond donors (Lipinski definition) is 2. The summed E-state index contributed by atoms with van der Waals surface area (Å²) in [4.78, 5) is 24.0. The number of rotatable bonds is 12. The highest BCUT2D eigenvalue weighted by Gasteiger charge is 2.18. The Kier molecular flexibility index (Phi) is 18.3. The van der Waals surface area contributed by atoms with Crippen molar-refractivity contribution in [3.8, 4) is 0 Å². The van der Waals surface area contributed by atoms with E-state index in [1.54, 1.807) is 14.2 Å². The first-order chi connectivity index (χ1) is 24.0. The van der Waals surface area contributed by atoms with E-state index in [1.807, 2.05) is 6.08 Å². The van der Waals surface area contributed by atoms with Gasteiger partial charge in [0.05, 0.1) is 13.2 Å². The molecule has 0 amide bonds. The van der Waals surface area contributed by atoms with E-state index >= 15 is 0 Å². The van der Waals surface area contributed by atoms with Gasteiger partial charge >= 0.3 is 0 Å². The molecule has 0 spiro atoms. The van der Waals surface area contributed by atoms with Gasteiger partial charge in [0.2, 0.25) is 0 Å². The quantitative estimate of drug-likeness (QED) is 0.236. The van der Waals surface area contributed by atoms with Crippen molar-refractivity contribution < 1.29 is 14.6 Å². The summed E-state index contributed by atoms with van der Waals surface area (Å²) in [6.07, 6.45) is 15.6. The van der Waals surface area contributed by atoms with Crippen LogP contribution in [0.1, 0.15) is 35.1 Å². The van der Waals surface area contributed by atoms with Crippen LogP contribution in [0.4, 0.5) is 0 Å². The Bertz CT molecular complexity index is 1450. The second-order valence-corrected chi connectivity index (χ2v) is 12.4. The van der Waals surface area contributed by atoms with E-state index in [2.05, 4.69) is 112 Å².